The van der Waals surface area contributed by atoms with Crippen LogP contribution < -0.4 is 10.6 Å². The van der Waals surface area contributed by atoms with Gasteiger partial charge < -0.3 is 10.6 Å². The van der Waals surface area contributed by atoms with Crippen molar-refractivity contribution < 1.29 is 0 Å². The van der Waals surface area contributed by atoms with E-state index in [1.165, 1.54) is 29.7 Å². The van der Waals surface area contributed by atoms with E-state index in [4.69, 9.17) is 0 Å². The van der Waals surface area contributed by atoms with Crippen LogP contribution >= 0.6 is 0 Å². The second kappa shape index (κ2) is 5.35. The van der Waals surface area contributed by atoms with Gasteiger partial charge in [0.1, 0.15) is 0 Å². The lowest BCUT2D eigenvalue weighted by atomic mass is 9.98. The number of rotatable bonds is 4. The molecule has 0 aromatic heterocycles. The maximum Gasteiger partial charge on any atom is 0.0390 e. The number of benzene rings is 1. The molecule has 1 aromatic rings. The third-order valence-electron chi connectivity index (χ3n) is 3.49. The van der Waals surface area contributed by atoms with Crippen LogP contribution in [0.1, 0.15) is 37.8 Å². The van der Waals surface area contributed by atoms with E-state index >= 15 is 0 Å². The van der Waals surface area contributed by atoms with Gasteiger partial charge >= 0.3 is 0 Å². The van der Waals surface area contributed by atoms with Gasteiger partial charge in [0.15, 0.2) is 0 Å². The second-order valence-corrected chi connectivity index (χ2v) is 4.53. The van der Waals surface area contributed by atoms with Crippen molar-refractivity contribution in [1.82, 2.24) is 5.32 Å². The van der Waals surface area contributed by atoms with Crippen LogP contribution in [0, 0.1) is 0 Å². The Morgan fingerprint density at radius 1 is 1.31 bits per heavy atom. The van der Waals surface area contributed by atoms with E-state index in [0.717, 1.165) is 19.5 Å². The van der Waals surface area contributed by atoms with Gasteiger partial charge in [-0.2, -0.15) is 0 Å². The van der Waals surface area contributed by atoms with Gasteiger partial charge in [-0.15, -0.1) is 0 Å². The first-order chi connectivity index (χ1) is 7.85. The average Bonchev–Trinajstić information content (AvgIpc) is 2.36. The summed E-state index contributed by atoms with van der Waals surface area (Å²) < 4.78 is 0. The van der Waals surface area contributed by atoms with Crippen molar-refractivity contribution in [1.29, 1.82) is 0 Å². The summed E-state index contributed by atoms with van der Waals surface area (Å²) in [6.07, 6.45) is 3.54. The van der Waals surface area contributed by atoms with Crippen LogP contribution in [0.2, 0.25) is 0 Å². The monoisotopic (exact) mass is 218 g/mol. The molecular formula is C14H22N2. The lowest BCUT2D eigenvalue weighted by Gasteiger charge is -2.24. The van der Waals surface area contributed by atoms with Gasteiger partial charge in [0.25, 0.3) is 0 Å². The summed E-state index contributed by atoms with van der Waals surface area (Å²) in [6, 6.07) is 7.25. The number of anilines is 1. The van der Waals surface area contributed by atoms with Crippen molar-refractivity contribution in [2.24, 2.45) is 0 Å². The Morgan fingerprint density at radius 2 is 2.12 bits per heavy atom. The highest BCUT2D eigenvalue weighted by Gasteiger charge is 2.13. The fourth-order valence-electron chi connectivity index (χ4n) is 2.36. The van der Waals surface area contributed by atoms with E-state index < -0.39 is 0 Å². The summed E-state index contributed by atoms with van der Waals surface area (Å²) in [5.41, 5.74) is 4.31. The fourth-order valence-corrected chi connectivity index (χ4v) is 2.36. The van der Waals surface area contributed by atoms with Crippen molar-refractivity contribution in [2.45, 2.75) is 45.7 Å². The van der Waals surface area contributed by atoms with Crippen molar-refractivity contribution in [3.05, 3.63) is 29.3 Å². The molecule has 1 aromatic carbocycles. The summed E-state index contributed by atoms with van der Waals surface area (Å²) >= 11 is 0. The zero-order valence-corrected chi connectivity index (χ0v) is 10.3. The molecule has 0 atom stereocenters. The van der Waals surface area contributed by atoms with E-state index in [1.54, 1.807) is 0 Å². The average molecular weight is 218 g/mol. The summed E-state index contributed by atoms with van der Waals surface area (Å²) in [5, 5.41) is 7.12. The van der Waals surface area contributed by atoms with Gasteiger partial charge in [-0.25, -0.2) is 0 Å². The highest BCUT2D eigenvalue weighted by Crippen LogP contribution is 2.24. The Labute approximate surface area is 98.4 Å². The third-order valence-corrected chi connectivity index (χ3v) is 3.49. The van der Waals surface area contributed by atoms with Crippen LogP contribution in [0.3, 0.4) is 0 Å². The predicted octanol–water partition coefficient (Wildman–Crippen LogP) is 2.93. The summed E-state index contributed by atoms with van der Waals surface area (Å²) in [5.74, 6) is 0. The molecule has 0 spiro atoms. The Balaban J connectivity index is 2.20. The molecule has 1 aliphatic heterocycles. The molecular weight excluding hydrogens is 196 g/mol. The van der Waals surface area contributed by atoms with E-state index in [9.17, 15) is 0 Å². The topological polar surface area (TPSA) is 24.1 Å². The van der Waals surface area contributed by atoms with Crippen LogP contribution in [0.15, 0.2) is 18.2 Å². The molecule has 2 N–H and O–H groups in total. The standard InChI is InChI=1S/C14H22N2/c1-3-12(4-2)16-14-7-5-6-11-8-9-15-10-13(11)14/h5-7,12,15-16H,3-4,8-10H2,1-2H3. The maximum absolute atomic E-state index is 3.67. The van der Waals surface area contributed by atoms with E-state index in [-0.39, 0.29) is 0 Å². The molecule has 1 heterocycles. The molecule has 0 bridgehead atoms. The van der Waals surface area contributed by atoms with Gasteiger partial charge in [0.05, 0.1) is 0 Å². The largest absolute Gasteiger partial charge is 0.382 e. The van der Waals surface area contributed by atoms with Crippen LogP contribution in [0.4, 0.5) is 5.69 Å². The normalized spacial score (nSPS) is 14.9. The van der Waals surface area contributed by atoms with Gasteiger partial charge in [0, 0.05) is 18.3 Å². The lowest BCUT2D eigenvalue weighted by molar-refractivity contribution is 0.636. The fraction of sp³-hybridized carbons (Fsp3) is 0.571. The SMILES string of the molecule is CCC(CC)Nc1cccc2c1CNCC2. The van der Waals surface area contributed by atoms with Crippen molar-refractivity contribution in [3.8, 4) is 0 Å². The first-order valence-corrected chi connectivity index (χ1v) is 6.43. The molecule has 88 valence electrons. The van der Waals surface area contributed by atoms with Gasteiger partial charge in [-0.1, -0.05) is 26.0 Å². The number of hydrogen-bond acceptors (Lipinski definition) is 2. The first kappa shape index (κ1) is 11.5. The molecule has 2 nitrogen and oxygen atoms in total. The Morgan fingerprint density at radius 3 is 2.88 bits per heavy atom. The second-order valence-electron chi connectivity index (χ2n) is 4.53. The third kappa shape index (κ3) is 2.38. The summed E-state index contributed by atoms with van der Waals surface area (Å²) in [7, 11) is 0. The minimum absolute atomic E-state index is 0.605. The van der Waals surface area contributed by atoms with E-state index in [2.05, 4.69) is 42.7 Å². The van der Waals surface area contributed by atoms with Crippen molar-refractivity contribution in [3.63, 3.8) is 0 Å². The zero-order valence-electron chi connectivity index (χ0n) is 10.3. The van der Waals surface area contributed by atoms with Crippen LogP contribution in [-0.2, 0) is 13.0 Å². The highest BCUT2D eigenvalue weighted by molar-refractivity contribution is 5.56. The quantitative estimate of drug-likeness (QED) is 0.812. The Kier molecular flexibility index (Phi) is 3.83. The van der Waals surface area contributed by atoms with E-state index in [0.29, 0.717) is 6.04 Å². The first-order valence-electron chi connectivity index (χ1n) is 6.43. The van der Waals surface area contributed by atoms with E-state index in [1.807, 2.05) is 0 Å². The predicted molar refractivity (Wildman–Crippen MR) is 69.8 cm³/mol. The van der Waals surface area contributed by atoms with Gasteiger partial charge in [-0.05, 0) is 43.0 Å². The minimum atomic E-state index is 0.605. The molecule has 2 heteroatoms. The molecule has 1 aliphatic rings. The van der Waals surface area contributed by atoms with Crippen LogP contribution in [0.5, 0.6) is 0 Å². The Hall–Kier alpha value is -1.02. The molecule has 0 amide bonds. The number of hydrogen-bond donors (Lipinski definition) is 2. The molecule has 16 heavy (non-hydrogen) atoms. The molecule has 0 saturated carbocycles. The molecule has 0 saturated heterocycles. The minimum Gasteiger partial charge on any atom is -0.382 e. The van der Waals surface area contributed by atoms with Crippen LogP contribution in [-0.4, -0.2) is 12.6 Å². The highest BCUT2D eigenvalue weighted by atomic mass is 14.9. The van der Waals surface area contributed by atoms with Crippen LogP contribution in [0.25, 0.3) is 0 Å². The van der Waals surface area contributed by atoms with Crippen molar-refractivity contribution in [2.75, 3.05) is 11.9 Å². The molecule has 0 aliphatic carbocycles. The van der Waals surface area contributed by atoms with Gasteiger partial charge in [-0.3, -0.25) is 0 Å². The summed E-state index contributed by atoms with van der Waals surface area (Å²) in [6.45, 7) is 6.61. The molecule has 2 rings (SSSR count). The summed E-state index contributed by atoms with van der Waals surface area (Å²) in [4.78, 5) is 0. The van der Waals surface area contributed by atoms with Crippen molar-refractivity contribution >= 4 is 5.69 Å². The number of fused-ring (bicyclic) bond motifs is 1. The maximum atomic E-state index is 3.67. The number of nitrogens with one attached hydrogen (secondary N) is 2. The molecule has 0 radical (unpaired) electrons. The zero-order chi connectivity index (χ0) is 11.4. The smallest absolute Gasteiger partial charge is 0.0390 e. The van der Waals surface area contributed by atoms with Gasteiger partial charge in [0.2, 0.25) is 0 Å². The lowest BCUT2D eigenvalue weighted by Crippen LogP contribution is -2.26. The molecule has 0 unspecified atom stereocenters. The molecule has 0 fully saturated rings. The Bertz CT molecular complexity index is 343.